The summed E-state index contributed by atoms with van der Waals surface area (Å²) in [5, 5.41) is 14.6. The normalized spacial score (nSPS) is 23.4. The number of halogens is 4. The fourth-order valence-corrected chi connectivity index (χ4v) is 15.3. The SMILES string of the molecule is C=C(F)c1c(/C=C\C)cccc1C1=C(F)c2nc(OCC34CCCN3C(/C(=C/C)c3cccc(-c5ncc6c(N7CCCCC(O)C7)nc(OCC78CCCN7CCC8)nc6c5F)c3C(=C)F)CC4)nc(N3CCCSCC3)c2CN1. The van der Waals surface area contributed by atoms with Crippen LogP contribution >= 0.6 is 11.8 Å². The number of hydrogen-bond donors (Lipinski definition) is 2. The van der Waals surface area contributed by atoms with Crippen molar-refractivity contribution in [1.82, 2.24) is 40.0 Å². The Morgan fingerprint density at radius 2 is 1.49 bits per heavy atom. The van der Waals surface area contributed by atoms with Crippen LogP contribution in [-0.4, -0.2) is 134 Å². The number of aromatic nitrogens is 5. The number of nitrogens with one attached hydrogen (secondary N) is 1. The number of β-amino-alcohol motifs (C(OH)–C–C–N with tert-alkyl or cyclic N) is 1. The van der Waals surface area contributed by atoms with E-state index < -0.39 is 34.9 Å². The number of ether oxygens (including phenoxy) is 2. The lowest BCUT2D eigenvalue weighted by molar-refractivity contribution is 0.0961. The molecule has 13 nitrogen and oxygen atoms in total. The molecule has 0 bridgehead atoms. The molecule has 0 radical (unpaired) electrons. The van der Waals surface area contributed by atoms with Crippen LogP contribution in [0, 0.1) is 5.82 Å². The Hall–Kier alpha value is -6.34. The topological polar surface area (TPSA) is 128 Å². The van der Waals surface area contributed by atoms with Gasteiger partial charge in [-0.15, -0.1) is 0 Å². The first kappa shape index (κ1) is 55.2. The lowest BCUT2D eigenvalue weighted by atomic mass is 9.88. The number of anilines is 2. The van der Waals surface area contributed by atoms with E-state index >= 15 is 17.6 Å². The zero-order valence-electron chi connectivity index (χ0n) is 46.5. The molecule has 10 heterocycles. The Morgan fingerprint density at radius 3 is 2.28 bits per heavy atom. The zero-order chi connectivity index (χ0) is 56.0. The van der Waals surface area contributed by atoms with E-state index in [0.29, 0.717) is 65.4 Å². The molecule has 0 spiro atoms. The van der Waals surface area contributed by atoms with E-state index in [4.69, 9.17) is 34.4 Å². The summed E-state index contributed by atoms with van der Waals surface area (Å²) < 4.78 is 80.1. The lowest BCUT2D eigenvalue weighted by Crippen LogP contribution is -2.47. The van der Waals surface area contributed by atoms with Crippen LogP contribution < -0.4 is 24.6 Å². The van der Waals surface area contributed by atoms with Gasteiger partial charge in [0.2, 0.25) is 0 Å². The molecule has 18 heteroatoms. The summed E-state index contributed by atoms with van der Waals surface area (Å²) in [5.74, 6) is 0.227. The van der Waals surface area contributed by atoms with Crippen LogP contribution in [0.25, 0.3) is 57.0 Å². The molecule has 426 valence electrons. The van der Waals surface area contributed by atoms with Crippen molar-refractivity contribution in [2.24, 2.45) is 0 Å². The molecule has 7 aliphatic rings. The van der Waals surface area contributed by atoms with E-state index in [0.717, 1.165) is 120 Å². The number of nitrogens with zero attached hydrogens (tertiary/aromatic N) is 9. The zero-order valence-corrected chi connectivity index (χ0v) is 47.3. The van der Waals surface area contributed by atoms with Gasteiger partial charge in [-0.2, -0.15) is 31.7 Å². The van der Waals surface area contributed by atoms with Gasteiger partial charge in [-0.25, -0.2) is 17.6 Å². The van der Waals surface area contributed by atoms with Crippen molar-refractivity contribution in [2.45, 2.75) is 121 Å². The van der Waals surface area contributed by atoms with Crippen molar-refractivity contribution >= 4 is 69.1 Å². The van der Waals surface area contributed by atoms with Gasteiger partial charge in [0.1, 0.15) is 53.4 Å². The number of thioether (sulfide) groups is 1. The van der Waals surface area contributed by atoms with Crippen LogP contribution in [0.1, 0.15) is 130 Å². The van der Waals surface area contributed by atoms with Crippen molar-refractivity contribution in [3.63, 3.8) is 0 Å². The molecular formula is C63H72F4N10O3S. The van der Waals surface area contributed by atoms with Gasteiger partial charge in [0.05, 0.1) is 28.3 Å². The average molecular weight is 1130 g/mol. The van der Waals surface area contributed by atoms with Crippen molar-refractivity contribution in [3.8, 4) is 23.3 Å². The Morgan fingerprint density at radius 1 is 0.765 bits per heavy atom. The van der Waals surface area contributed by atoms with Crippen LogP contribution in [-0.2, 0) is 6.54 Å². The second kappa shape index (κ2) is 23.1. The van der Waals surface area contributed by atoms with Gasteiger partial charge in [0.15, 0.2) is 11.6 Å². The van der Waals surface area contributed by atoms with E-state index in [2.05, 4.69) is 33.2 Å². The molecule has 0 aliphatic carbocycles. The molecule has 2 N–H and O–H groups in total. The molecule has 5 aromatic rings. The van der Waals surface area contributed by atoms with E-state index in [9.17, 15) is 5.11 Å². The largest absolute Gasteiger partial charge is 0.461 e. The lowest BCUT2D eigenvalue weighted by Gasteiger charge is -2.36. The number of pyridine rings is 1. The van der Waals surface area contributed by atoms with Crippen LogP contribution in [0.4, 0.5) is 29.2 Å². The maximum Gasteiger partial charge on any atom is 0.319 e. The van der Waals surface area contributed by atoms with Gasteiger partial charge < -0.3 is 29.7 Å². The predicted molar refractivity (Wildman–Crippen MR) is 316 cm³/mol. The summed E-state index contributed by atoms with van der Waals surface area (Å²) in [5.41, 5.74) is 3.23. The second-order valence-corrected chi connectivity index (χ2v) is 24.1. The molecule has 0 amide bonds. The van der Waals surface area contributed by atoms with E-state index in [-0.39, 0.29) is 76.0 Å². The average Bonchev–Trinajstić information content (AvgIpc) is 4.20. The summed E-state index contributed by atoms with van der Waals surface area (Å²) in [6.45, 7) is 17.3. The summed E-state index contributed by atoms with van der Waals surface area (Å²) in [6, 6.07) is 10.6. The van der Waals surface area contributed by atoms with Crippen LogP contribution in [0.15, 0.2) is 67.9 Å². The van der Waals surface area contributed by atoms with E-state index in [1.807, 2.05) is 54.8 Å². The Balaban J connectivity index is 0.863. The molecule has 12 rings (SSSR count). The highest BCUT2D eigenvalue weighted by atomic mass is 32.2. The van der Waals surface area contributed by atoms with Gasteiger partial charge in [0, 0.05) is 78.5 Å². The first-order valence-corrected chi connectivity index (χ1v) is 30.3. The van der Waals surface area contributed by atoms with E-state index in [1.54, 1.807) is 36.5 Å². The fourth-order valence-electron chi connectivity index (χ4n) is 14.4. The summed E-state index contributed by atoms with van der Waals surface area (Å²) >= 11 is 1.88. The maximum absolute atomic E-state index is 17.7. The van der Waals surface area contributed by atoms with Gasteiger partial charge in [-0.05, 0) is 133 Å². The third kappa shape index (κ3) is 10.3. The number of aliphatic hydroxyl groups excluding tert-OH is 1. The number of benzene rings is 2. The monoisotopic (exact) mass is 1120 g/mol. The summed E-state index contributed by atoms with van der Waals surface area (Å²) in [7, 11) is 0. The third-order valence-electron chi connectivity index (χ3n) is 18.2. The maximum atomic E-state index is 17.7. The van der Waals surface area contributed by atoms with Crippen molar-refractivity contribution in [2.75, 3.05) is 80.3 Å². The van der Waals surface area contributed by atoms with Gasteiger partial charge in [0.25, 0.3) is 0 Å². The highest BCUT2D eigenvalue weighted by Crippen LogP contribution is 2.49. The number of allylic oxidation sites excluding steroid dienone is 2. The van der Waals surface area contributed by atoms with Crippen molar-refractivity contribution in [3.05, 3.63) is 113 Å². The molecule has 2 aromatic carbocycles. The minimum Gasteiger partial charge on any atom is -0.461 e. The van der Waals surface area contributed by atoms with Gasteiger partial charge >= 0.3 is 12.0 Å². The van der Waals surface area contributed by atoms with Crippen molar-refractivity contribution < 1.29 is 32.1 Å². The molecule has 3 unspecified atom stereocenters. The van der Waals surface area contributed by atoms with Gasteiger partial charge in [-0.1, -0.05) is 67.8 Å². The summed E-state index contributed by atoms with van der Waals surface area (Å²) in [4.78, 5) is 33.4. The van der Waals surface area contributed by atoms with Crippen LogP contribution in [0.3, 0.4) is 0 Å². The molecule has 3 atom stereocenters. The highest BCUT2D eigenvalue weighted by Gasteiger charge is 2.51. The molecular weight excluding hydrogens is 1050 g/mol. The summed E-state index contributed by atoms with van der Waals surface area (Å²) in [6.07, 6.45) is 17.3. The van der Waals surface area contributed by atoms with E-state index in [1.165, 1.54) is 0 Å². The molecule has 81 heavy (non-hydrogen) atoms. The Labute approximate surface area is 476 Å². The number of fused-ring (bicyclic) bond motifs is 4. The predicted octanol–water partition coefficient (Wildman–Crippen LogP) is 12.2. The fraction of sp³-hybridized carbons (Fsp3) is 0.476. The third-order valence-corrected chi connectivity index (χ3v) is 19.2. The van der Waals surface area contributed by atoms with Gasteiger partial charge in [-0.3, -0.25) is 14.8 Å². The molecule has 7 aliphatic heterocycles. The Bertz CT molecular complexity index is 3350. The quantitative estimate of drug-likeness (QED) is 0.0965. The number of rotatable bonds is 15. The minimum absolute atomic E-state index is 0.0130. The smallest absolute Gasteiger partial charge is 0.319 e. The highest BCUT2D eigenvalue weighted by molar-refractivity contribution is 7.99. The van der Waals surface area contributed by atoms with Crippen LogP contribution in [0.2, 0.25) is 0 Å². The standard InChI is InChI=1S/C63H72F4N10O3S/c1-5-15-41-16-9-19-45(50(41)39(3)64)54-52(66)56-47(34-68-54)58(74-27-14-32-81-33-31-74)72-60(70-56)80-38-63-24-13-30-77(63)49(21-25-63)43(6-2)44-18-10-20-46(51(44)40(4)65)55-53(67)57-48(35-69-55)59(75-26-8-7-17-42(78)36-75)73-61(71-57)79-37-62-22-11-28-76(62)29-12-23-62/h5-6,9-10,15-16,18-20,35,42,49,68,78H,3-4,7-8,11-14,17,21-34,36-38H2,1-2H3/b15-5-,43-6+. The number of hydrogen-bond acceptors (Lipinski definition) is 14. The molecule has 6 fully saturated rings. The second-order valence-electron chi connectivity index (χ2n) is 22.9. The first-order chi connectivity index (χ1) is 39.4. The Kier molecular flexibility index (Phi) is 15.8. The molecule has 3 aromatic heterocycles. The van der Waals surface area contributed by atoms with Crippen LogP contribution in [0.5, 0.6) is 12.0 Å². The first-order valence-electron chi connectivity index (χ1n) is 29.1. The molecule has 6 saturated heterocycles. The molecule has 0 saturated carbocycles. The minimum atomic E-state index is -0.727. The number of aliphatic hydroxyl groups is 1. The van der Waals surface area contributed by atoms with Crippen molar-refractivity contribution in [1.29, 1.82) is 0 Å².